The van der Waals surface area contributed by atoms with Gasteiger partial charge in [-0.2, -0.15) is 13.2 Å². The van der Waals surface area contributed by atoms with Crippen LogP contribution in [0, 0.1) is 0 Å². The van der Waals surface area contributed by atoms with E-state index in [9.17, 15) is 13.2 Å². The molecule has 0 spiro atoms. The zero-order valence-corrected chi connectivity index (χ0v) is 10.7. The first kappa shape index (κ1) is 14.1. The van der Waals surface area contributed by atoms with Crippen molar-refractivity contribution in [3.05, 3.63) is 47.0 Å². The summed E-state index contributed by atoms with van der Waals surface area (Å²) in [5.74, 6) is 0. The number of nitrogens with two attached hydrogens (primary N) is 1. The number of hydrogen-bond donors (Lipinski definition) is 1. The molecule has 0 radical (unpaired) electrons. The Morgan fingerprint density at radius 2 is 2.00 bits per heavy atom. The fourth-order valence-corrected chi connectivity index (χ4v) is 2.44. The quantitative estimate of drug-likeness (QED) is 0.798. The monoisotopic (exact) mass is 269 g/mol. The summed E-state index contributed by atoms with van der Waals surface area (Å²) in [6.07, 6.45) is 2.96. The van der Waals surface area contributed by atoms with Crippen LogP contribution >= 0.6 is 0 Å². The Hall–Kier alpha value is -1.29. The lowest BCUT2D eigenvalue weighted by Crippen LogP contribution is -2.14. The lowest BCUT2D eigenvalue weighted by atomic mass is 9.91. The smallest absolute Gasteiger partial charge is 0.324 e. The molecule has 0 saturated heterocycles. The van der Waals surface area contributed by atoms with Gasteiger partial charge in [-0.1, -0.05) is 23.8 Å². The van der Waals surface area contributed by atoms with Crippen molar-refractivity contribution in [2.45, 2.75) is 44.3 Å². The summed E-state index contributed by atoms with van der Waals surface area (Å²) in [5, 5.41) is 0. The fraction of sp³-hybridized carbons (Fsp3) is 0.467. The van der Waals surface area contributed by atoms with Crippen LogP contribution in [0.2, 0.25) is 0 Å². The lowest BCUT2D eigenvalue weighted by Gasteiger charge is -2.18. The Kier molecular flexibility index (Phi) is 4.30. The predicted molar refractivity (Wildman–Crippen MR) is 69.5 cm³/mol. The summed E-state index contributed by atoms with van der Waals surface area (Å²) in [4.78, 5) is 0. The Morgan fingerprint density at radius 1 is 1.21 bits per heavy atom. The fourth-order valence-electron chi connectivity index (χ4n) is 2.44. The third kappa shape index (κ3) is 3.83. The maximum Gasteiger partial charge on any atom is 0.416 e. The van der Waals surface area contributed by atoms with Crippen molar-refractivity contribution in [3.63, 3.8) is 0 Å². The van der Waals surface area contributed by atoms with Crippen LogP contribution < -0.4 is 5.73 Å². The van der Waals surface area contributed by atoms with Crippen molar-refractivity contribution in [2.75, 3.05) is 0 Å². The van der Waals surface area contributed by atoms with Crippen molar-refractivity contribution < 1.29 is 13.2 Å². The molecule has 0 amide bonds. The van der Waals surface area contributed by atoms with Gasteiger partial charge in [-0.15, -0.1) is 0 Å². The summed E-state index contributed by atoms with van der Waals surface area (Å²) in [6.45, 7) is 0. The highest BCUT2D eigenvalue weighted by molar-refractivity contribution is 5.29. The van der Waals surface area contributed by atoms with Crippen molar-refractivity contribution in [3.8, 4) is 0 Å². The van der Waals surface area contributed by atoms with E-state index >= 15 is 0 Å². The average Bonchev–Trinajstić information content (AvgIpc) is 2.39. The molecule has 104 valence electrons. The summed E-state index contributed by atoms with van der Waals surface area (Å²) in [6, 6.07) is 4.98. The van der Waals surface area contributed by atoms with Gasteiger partial charge in [0.15, 0.2) is 0 Å². The van der Waals surface area contributed by atoms with E-state index in [1.807, 2.05) is 0 Å². The van der Waals surface area contributed by atoms with Crippen molar-refractivity contribution in [1.82, 2.24) is 0 Å². The summed E-state index contributed by atoms with van der Waals surface area (Å²) in [5.41, 5.74) is 7.23. The van der Waals surface area contributed by atoms with Crippen LogP contribution in [-0.2, 0) is 6.18 Å². The number of halogens is 3. The van der Waals surface area contributed by atoms with Gasteiger partial charge in [-0.25, -0.2) is 0 Å². The molecule has 1 aromatic rings. The maximum absolute atomic E-state index is 12.6. The van der Waals surface area contributed by atoms with Crippen LogP contribution in [0.15, 0.2) is 35.9 Å². The van der Waals surface area contributed by atoms with Crippen LogP contribution in [0.5, 0.6) is 0 Å². The van der Waals surface area contributed by atoms with Crippen LogP contribution in [-0.4, -0.2) is 0 Å². The molecule has 0 saturated carbocycles. The third-order valence-electron chi connectivity index (χ3n) is 3.51. The van der Waals surface area contributed by atoms with E-state index in [2.05, 4.69) is 6.08 Å². The van der Waals surface area contributed by atoms with Crippen LogP contribution in [0.25, 0.3) is 0 Å². The molecule has 1 unspecified atom stereocenters. The van der Waals surface area contributed by atoms with Crippen molar-refractivity contribution in [1.29, 1.82) is 0 Å². The Morgan fingerprint density at radius 3 is 2.63 bits per heavy atom. The molecule has 0 fully saturated rings. The first-order valence-corrected chi connectivity index (χ1v) is 6.57. The van der Waals surface area contributed by atoms with E-state index in [-0.39, 0.29) is 6.04 Å². The second-order valence-electron chi connectivity index (χ2n) is 5.04. The van der Waals surface area contributed by atoms with Gasteiger partial charge < -0.3 is 5.73 Å². The first-order chi connectivity index (χ1) is 8.97. The zero-order valence-electron chi connectivity index (χ0n) is 10.7. The molecule has 0 bridgehead atoms. The Balaban J connectivity index is 2.10. The van der Waals surface area contributed by atoms with Gasteiger partial charge in [0, 0.05) is 6.04 Å². The standard InChI is InChI=1S/C15H18F3N/c16-15(17,18)13-8-4-7-12(10-13)14(19)9-11-5-2-1-3-6-11/h4-5,7-8,10,14H,1-3,6,9,19H2. The molecule has 0 heterocycles. The van der Waals surface area contributed by atoms with E-state index in [1.165, 1.54) is 18.1 Å². The van der Waals surface area contributed by atoms with E-state index in [4.69, 9.17) is 5.73 Å². The average molecular weight is 269 g/mol. The maximum atomic E-state index is 12.6. The second-order valence-corrected chi connectivity index (χ2v) is 5.04. The number of allylic oxidation sites excluding steroid dienone is 1. The van der Waals surface area contributed by atoms with Crippen LogP contribution in [0.4, 0.5) is 13.2 Å². The highest BCUT2D eigenvalue weighted by Crippen LogP contribution is 2.32. The highest BCUT2D eigenvalue weighted by Gasteiger charge is 2.30. The predicted octanol–water partition coefficient (Wildman–Crippen LogP) is 4.60. The second kappa shape index (κ2) is 5.78. The van der Waals surface area contributed by atoms with Crippen molar-refractivity contribution in [2.24, 2.45) is 5.73 Å². The number of rotatable bonds is 3. The van der Waals surface area contributed by atoms with Crippen LogP contribution in [0.1, 0.15) is 49.3 Å². The van der Waals surface area contributed by atoms with Gasteiger partial charge in [0.1, 0.15) is 0 Å². The highest BCUT2D eigenvalue weighted by atomic mass is 19.4. The SMILES string of the molecule is NC(CC1=CCCCC1)c1cccc(C(F)(F)F)c1. The number of alkyl halides is 3. The first-order valence-electron chi connectivity index (χ1n) is 6.57. The molecule has 2 rings (SSSR count). The number of hydrogen-bond acceptors (Lipinski definition) is 1. The summed E-state index contributed by atoms with van der Waals surface area (Å²) >= 11 is 0. The Bertz CT molecular complexity index is 463. The number of benzene rings is 1. The van der Waals surface area contributed by atoms with E-state index in [0.717, 1.165) is 31.4 Å². The molecule has 0 aromatic heterocycles. The molecule has 1 nitrogen and oxygen atoms in total. The minimum Gasteiger partial charge on any atom is -0.324 e. The molecular formula is C15H18F3N. The third-order valence-corrected chi connectivity index (χ3v) is 3.51. The molecule has 1 aromatic carbocycles. The summed E-state index contributed by atoms with van der Waals surface area (Å²) < 4.78 is 37.9. The minimum absolute atomic E-state index is 0.355. The molecule has 4 heteroatoms. The van der Waals surface area contributed by atoms with Gasteiger partial charge in [-0.05, 0) is 49.8 Å². The van der Waals surface area contributed by atoms with Gasteiger partial charge >= 0.3 is 6.18 Å². The van der Waals surface area contributed by atoms with Gasteiger partial charge in [0.25, 0.3) is 0 Å². The molecule has 1 aliphatic carbocycles. The largest absolute Gasteiger partial charge is 0.416 e. The summed E-state index contributed by atoms with van der Waals surface area (Å²) in [7, 11) is 0. The van der Waals surface area contributed by atoms with E-state index in [1.54, 1.807) is 6.07 Å². The topological polar surface area (TPSA) is 26.0 Å². The molecular weight excluding hydrogens is 251 g/mol. The van der Waals surface area contributed by atoms with Gasteiger partial charge in [0.2, 0.25) is 0 Å². The van der Waals surface area contributed by atoms with Gasteiger partial charge in [0.05, 0.1) is 5.56 Å². The molecule has 1 atom stereocenters. The molecule has 1 aliphatic rings. The van der Waals surface area contributed by atoms with Gasteiger partial charge in [-0.3, -0.25) is 0 Å². The Labute approximate surface area is 111 Å². The molecule has 19 heavy (non-hydrogen) atoms. The molecule has 2 N–H and O–H groups in total. The van der Waals surface area contributed by atoms with Crippen LogP contribution in [0.3, 0.4) is 0 Å². The van der Waals surface area contributed by atoms with E-state index < -0.39 is 11.7 Å². The van der Waals surface area contributed by atoms with E-state index in [0.29, 0.717) is 12.0 Å². The normalized spacial score (nSPS) is 18.0. The lowest BCUT2D eigenvalue weighted by molar-refractivity contribution is -0.137. The molecule has 0 aliphatic heterocycles. The zero-order chi connectivity index (χ0) is 13.9. The van der Waals surface area contributed by atoms with Crippen molar-refractivity contribution >= 4 is 0 Å². The minimum atomic E-state index is -4.31.